The van der Waals surface area contributed by atoms with Crippen molar-refractivity contribution in [1.29, 1.82) is 0 Å². The zero-order chi connectivity index (χ0) is 18.0. The van der Waals surface area contributed by atoms with Crippen molar-refractivity contribution in [2.75, 3.05) is 26.7 Å². The van der Waals surface area contributed by atoms with E-state index in [1.54, 1.807) is 0 Å². The van der Waals surface area contributed by atoms with Crippen molar-refractivity contribution in [2.24, 2.45) is 5.14 Å². The highest BCUT2D eigenvalue weighted by molar-refractivity contribution is 7.89. The molecule has 1 aliphatic heterocycles. The molecule has 1 heterocycles. The Kier molecular flexibility index (Phi) is 5.49. The van der Waals surface area contributed by atoms with Crippen molar-refractivity contribution in [1.82, 2.24) is 5.32 Å². The molecule has 0 saturated carbocycles. The summed E-state index contributed by atoms with van der Waals surface area (Å²) >= 11 is 0. The summed E-state index contributed by atoms with van der Waals surface area (Å²) in [6, 6.07) is 3.64. The quantitative estimate of drug-likeness (QED) is 0.569. The molecule has 1 aliphatic rings. The van der Waals surface area contributed by atoms with Crippen LogP contribution in [0.1, 0.15) is 30.1 Å². The van der Waals surface area contributed by atoms with Gasteiger partial charge in [-0.05, 0) is 25.1 Å². The van der Waals surface area contributed by atoms with E-state index in [2.05, 4.69) is 5.32 Å². The van der Waals surface area contributed by atoms with Crippen LogP contribution in [-0.2, 0) is 10.0 Å². The van der Waals surface area contributed by atoms with Gasteiger partial charge in [-0.25, -0.2) is 13.6 Å². The van der Waals surface area contributed by atoms with Crippen molar-refractivity contribution in [2.45, 2.75) is 30.7 Å². The highest BCUT2D eigenvalue weighted by atomic mass is 32.2. The number of carbonyl (C=O) groups excluding carboxylic acids is 1. The first-order valence-electron chi connectivity index (χ1n) is 7.78. The second-order valence-electron chi connectivity index (χ2n) is 5.91. The predicted octanol–water partition coefficient (Wildman–Crippen LogP) is 0.569. The van der Waals surface area contributed by atoms with Gasteiger partial charge >= 0.3 is 0 Å². The van der Waals surface area contributed by atoms with Crippen molar-refractivity contribution >= 4 is 15.9 Å². The highest BCUT2D eigenvalue weighted by Crippen LogP contribution is 2.25. The number of nitrogens with one attached hydrogen (secondary N) is 1. The van der Waals surface area contributed by atoms with Gasteiger partial charge < -0.3 is 19.9 Å². The number of rotatable bonds is 6. The average Bonchev–Trinajstić information content (AvgIpc) is 2.92. The highest BCUT2D eigenvalue weighted by Gasteiger charge is 2.33. The summed E-state index contributed by atoms with van der Waals surface area (Å²) in [6.45, 7) is 3.09. The van der Waals surface area contributed by atoms with Gasteiger partial charge in [0.15, 0.2) is 0 Å². The van der Waals surface area contributed by atoms with E-state index < -0.39 is 15.9 Å². The number of methoxy groups -OCH3 is 1. The van der Waals surface area contributed by atoms with Crippen LogP contribution in [0.4, 0.5) is 0 Å². The van der Waals surface area contributed by atoms with Crippen molar-refractivity contribution in [3.05, 3.63) is 29.0 Å². The Labute approximate surface area is 141 Å². The number of nitrogens with zero attached hydrogens (tertiary/aromatic N) is 1. The number of quaternary nitrogens is 1. The SMILES string of the molecule is CC[N+]1([O-])CCCC1CNC(=O)c1cc(S(N)(=O)=O)ccc1OC. The van der Waals surface area contributed by atoms with Crippen LogP contribution in [-0.4, -0.2) is 51.8 Å². The molecule has 1 saturated heterocycles. The summed E-state index contributed by atoms with van der Waals surface area (Å²) in [5, 5.41) is 20.3. The molecule has 0 spiro atoms. The maximum absolute atomic E-state index is 12.5. The maximum atomic E-state index is 12.5. The molecule has 1 aromatic carbocycles. The number of likely N-dealkylation sites (tertiary alicyclic amines) is 1. The molecule has 9 heteroatoms. The van der Waals surface area contributed by atoms with Crippen LogP contribution in [0.15, 0.2) is 23.1 Å². The molecule has 3 N–H and O–H groups in total. The molecule has 134 valence electrons. The zero-order valence-corrected chi connectivity index (χ0v) is 14.6. The normalized spacial score (nSPS) is 23.9. The maximum Gasteiger partial charge on any atom is 0.255 e. The molecular weight excluding hydrogens is 334 g/mol. The number of hydroxylamine groups is 3. The third-order valence-electron chi connectivity index (χ3n) is 4.52. The lowest BCUT2D eigenvalue weighted by Gasteiger charge is -2.43. The Morgan fingerprint density at radius 2 is 2.21 bits per heavy atom. The molecule has 8 nitrogen and oxygen atoms in total. The third-order valence-corrected chi connectivity index (χ3v) is 5.43. The molecule has 1 aromatic rings. The van der Waals surface area contributed by atoms with Gasteiger partial charge in [0.25, 0.3) is 5.91 Å². The van der Waals surface area contributed by atoms with E-state index in [1.807, 2.05) is 6.92 Å². The smallest absolute Gasteiger partial charge is 0.255 e. The minimum Gasteiger partial charge on any atom is -0.633 e. The molecule has 1 fully saturated rings. The van der Waals surface area contributed by atoms with Gasteiger partial charge in [0.2, 0.25) is 10.0 Å². The van der Waals surface area contributed by atoms with Crippen LogP contribution in [0.25, 0.3) is 0 Å². The summed E-state index contributed by atoms with van der Waals surface area (Å²) in [5.74, 6) is -0.253. The Bertz CT molecular complexity index is 722. The molecular formula is C15H23N3O5S. The first kappa shape index (κ1) is 18.7. The second kappa shape index (κ2) is 7.06. The van der Waals surface area contributed by atoms with E-state index in [1.165, 1.54) is 25.3 Å². The first-order chi connectivity index (χ1) is 11.2. The number of hydrogen-bond donors (Lipinski definition) is 2. The van der Waals surface area contributed by atoms with Crippen LogP contribution < -0.4 is 15.2 Å². The standard InChI is InChI=1S/C15H23N3O5S/c1-3-18(20)8-4-5-11(18)10-17-15(19)13-9-12(24(16,21)22)6-7-14(13)23-2/h6-7,9,11H,3-5,8,10H2,1-2H3,(H,17,19)(H2,16,21,22). The third kappa shape index (κ3) is 3.86. The van der Waals surface area contributed by atoms with E-state index in [9.17, 15) is 18.4 Å². The molecule has 1 amide bonds. The average molecular weight is 357 g/mol. The lowest BCUT2D eigenvalue weighted by Crippen LogP contribution is -2.51. The fourth-order valence-corrected chi connectivity index (χ4v) is 3.58. The van der Waals surface area contributed by atoms with Crippen LogP contribution in [0.2, 0.25) is 0 Å². The fourth-order valence-electron chi connectivity index (χ4n) is 3.04. The number of amides is 1. The molecule has 24 heavy (non-hydrogen) atoms. The van der Waals surface area contributed by atoms with Crippen LogP contribution in [0, 0.1) is 5.21 Å². The molecule has 0 aromatic heterocycles. The summed E-state index contributed by atoms with van der Waals surface area (Å²) in [4.78, 5) is 12.3. The van der Waals surface area contributed by atoms with Crippen molar-refractivity contribution < 1.29 is 22.6 Å². The van der Waals surface area contributed by atoms with E-state index in [-0.39, 0.29) is 33.4 Å². The second-order valence-corrected chi connectivity index (χ2v) is 7.47. The monoisotopic (exact) mass is 357 g/mol. The van der Waals surface area contributed by atoms with E-state index in [4.69, 9.17) is 9.88 Å². The number of hydrogen-bond acceptors (Lipinski definition) is 5. The van der Waals surface area contributed by atoms with Crippen molar-refractivity contribution in [3.63, 3.8) is 0 Å². The zero-order valence-electron chi connectivity index (χ0n) is 13.8. The summed E-state index contributed by atoms with van der Waals surface area (Å²) < 4.78 is 27.7. The van der Waals surface area contributed by atoms with Gasteiger partial charge in [0.1, 0.15) is 11.8 Å². The van der Waals surface area contributed by atoms with Crippen LogP contribution in [0.5, 0.6) is 5.75 Å². The molecule has 0 aliphatic carbocycles. The summed E-state index contributed by atoms with van der Waals surface area (Å²) in [5.41, 5.74) is 0.0718. The van der Waals surface area contributed by atoms with E-state index in [0.29, 0.717) is 13.1 Å². The number of primary sulfonamides is 1. The molecule has 0 bridgehead atoms. The largest absolute Gasteiger partial charge is 0.633 e. The molecule has 2 rings (SSSR count). The van der Waals surface area contributed by atoms with Gasteiger partial charge in [-0.2, -0.15) is 0 Å². The number of likely N-dealkylation sites (N-methyl/N-ethyl adjacent to an activating group) is 1. The van der Waals surface area contributed by atoms with Crippen LogP contribution >= 0.6 is 0 Å². The van der Waals surface area contributed by atoms with Crippen LogP contribution in [0.3, 0.4) is 0 Å². The lowest BCUT2D eigenvalue weighted by atomic mass is 10.1. The Hall–Kier alpha value is -1.68. The number of nitrogens with two attached hydrogens (primary N) is 1. The lowest BCUT2D eigenvalue weighted by molar-refractivity contribution is -0.889. The molecule has 0 radical (unpaired) electrons. The summed E-state index contributed by atoms with van der Waals surface area (Å²) in [6.07, 6.45) is 1.59. The Balaban J connectivity index is 2.17. The fraction of sp³-hybridized carbons (Fsp3) is 0.533. The van der Waals surface area contributed by atoms with Gasteiger partial charge in [0, 0.05) is 12.8 Å². The van der Waals surface area contributed by atoms with E-state index in [0.717, 1.165) is 12.8 Å². The van der Waals surface area contributed by atoms with E-state index >= 15 is 0 Å². The summed E-state index contributed by atoms with van der Waals surface area (Å²) in [7, 11) is -2.54. The Morgan fingerprint density at radius 3 is 2.79 bits per heavy atom. The van der Waals surface area contributed by atoms with Gasteiger partial charge in [-0.15, -0.1) is 0 Å². The Morgan fingerprint density at radius 1 is 1.50 bits per heavy atom. The van der Waals surface area contributed by atoms with Gasteiger partial charge in [0.05, 0.1) is 37.2 Å². The minimum absolute atomic E-state index is 0.0718. The number of ether oxygens (including phenoxy) is 1. The minimum atomic E-state index is -3.93. The number of sulfonamides is 1. The van der Waals surface area contributed by atoms with Gasteiger partial charge in [-0.3, -0.25) is 4.79 Å². The topological polar surface area (TPSA) is 122 Å². The molecule has 2 unspecified atom stereocenters. The predicted molar refractivity (Wildman–Crippen MR) is 88.8 cm³/mol. The van der Waals surface area contributed by atoms with Crippen molar-refractivity contribution in [3.8, 4) is 5.75 Å². The molecule has 2 atom stereocenters. The number of carbonyl (C=O) groups is 1. The number of benzene rings is 1. The van der Waals surface area contributed by atoms with Gasteiger partial charge in [-0.1, -0.05) is 0 Å². The first-order valence-corrected chi connectivity index (χ1v) is 9.32.